The van der Waals surface area contributed by atoms with Crippen molar-refractivity contribution in [3.05, 3.63) is 39.9 Å². The molecule has 2 rings (SSSR count). The second-order valence-electron chi connectivity index (χ2n) is 4.89. The molecule has 0 heterocycles. The van der Waals surface area contributed by atoms with E-state index in [1.807, 2.05) is 13.1 Å². The molecule has 1 aromatic carbocycles. The maximum Gasteiger partial charge on any atom is 0.0409 e. The van der Waals surface area contributed by atoms with Gasteiger partial charge in [-0.2, -0.15) is 0 Å². The molecule has 0 radical (unpaired) electrons. The van der Waals surface area contributed by atoms with Crippen molar-refractivity contribution in [1.29, 1.82) is 0 Å². The lowest BCUT2D eigenvalue weighted by Crippen LogP contribution is -2.38. The molecule has 0 saturated heterocycles. The first-order chi connectivity index (χ1) is 7.53. The number of nitrogens with one attached hydrogen (secondary N) is 1. The molecule has 0 spiro atoms. The summed E-state index contributed by atoms with van der Waals surface area (Å²) in [5.41, 5.74) is 4.22. The first kappa shape index (κ1) is 11.7. The normalized spacial score (nSPS) is 15.6. The number of fused-ring (bicyclic) bond motifs is 1. The van der Waals surface area contributed by atoms with Gasteiger partial charge in [-0.25, -0.2) is 0 Å². The summed E-state index contributed by atoms with van der Waals surface area (Å²) in [7, 11) is 2.01. The van der Waals surface area contributed by atoms with Crippen molar-refractivity contribution in [2.24, 2.45) is 0 Å². The number of halogens is 1. The smallest absolute Gasteiger partial charge is 0.0409 e. The van der Waals surface area contributed by atoms with Crippen molar-refractivity contribution < 1.29 is 0 Å². The summed E-state index contributed by atoms with van der Waals surface area (Å²) in [4.78, 5) is 0. The van der Waals surface area contributed by atoms with Crippen LogP contribution in [0.25, 0.3) is 6.08 Å². The SMILES string of the molecule is CNC(C)(C)C1=Cc2ccc(Cl)cc2CC1. The van der Waals surface area contributed by atoms with Gasteiger partial charge in [0.15, 0.2) is 0 Å². The van der Waals surface area contributed by atoms with Crippen LogP contribution in [0.2, 0.25) is 5.02 Å². The summed E-state index contributed by atoms with van der Waals surface area (Å²) in [5.74, 6) is 0. The highest BCUT2D eigenvalue weighted by atomic mass is 35.5. The van der Waals surface area contributed by atoms with Crippen LogP contribution < -0.4 is 5.32 Å². The van der Waals surface area contributed by atoms with Gasteiger partial charge in [0.2, 0.25) is 0 Å². The Morgan fingerprint density at radius 2 is 2.00 bits per heavy atom. The fraction of sp³-hybridized carbons (Fsp3) is 0.429. The zero-order valence-corrected chi connectivity index (χ0v) is 10.9. The van der Waals surface area contributed by atoms with E-state index in [9.17, 15) is 0 Å². The van der Waals surface area contributed by atoms with E-state index < -0.39 is 0 Å². The van der Waals surface area contributed by atoms with Crippen LogP contribution in [-0.4, -0.2) is 12.6 Å². The van der Waals surface area contributed by atoms with Crippen molar-refractivity contribution in [2.45, 2.75) is 32.2 Å². The van der Waals surface area contributed by atoms with Crippen LogP contribution in [0.5, 0.6) is 0 Å². The van der Waals surface area contributed by atoms with Gasteiger partial charge in [0.05, 0.1) is 0 Å². The summed E-state index contributed by atoms with van der Waals surface area (Å²) in [6.45, 7) is 4.44. The number of benzene rings is 1. The Bertz CT molecular complexity index is 432. The maximum atomic E-state index is 6.00. The average Bonchev–Trinajstić information content (AvgIpc) is 2.28. The van der Waals surface area contributed by atoms with Gasteiger partial charge in [-0.1, -0.05) is 23.7 Å². The first-order valence-electron chi connectivity index (χ1n) is 5.71. The molecule has 1 aromatic rings. The number of aryl methyl sites for hydroxylation is 1. The summed E-state index contributed by atoms with van der Waals surface area (Å²) < 4.78 is 0. The molecule has 86 valence electrons. The molecule has 1 aliphatic rings. The van der Waals surface area contributed by atoms with Crippen LogP contribution in [0.3, 0.4) is 0 Å². The van der Waals surface area contributed by atoms with Gasteiger partial charge in [0.25, 0.3) is 0 Å². The first-order valence-corrected chi connectivity index (χ1v) is 6.09. The molecule has 2 heteroatoms. The minimum atomic E-state index is 0.0807. The van der Waals surface area contributed by atoms with Crippen LogP contribution in [0.15, 0.2) is 23.8 Å². The Kier molecular flexibility index (Phi) is 3.09. The number of hydrogen-bond donors (Lipinski definition) is 1. The lowest BCUT2D eigenvalue weighted by Gasteiger charge is -2.30. The van der Waals surface area contributed by atoms with Gasteiger partial charge in [-0.3, -0.25) is 0 Å². The highest BCUT2D eigenvalue weighted by Crippen LogP contribution is 2.31. The molecule has 1 nitrogen and oxygen atoms in total. The predicted molar refractivity (Wildman–Crippen MR) is 70.9 cm³/mol. The van der Waals surface area contributed by atoms with Crippen molar-refractivity contribution in [3.63, 3.8) is 0 Å². The molecular weight excluding hydrogens is 218 g/mol. The molecule has 1 aliphatic carbocycles. The van der Waals surface area contributed by atoms with E-state index >= 15 is 0 Å². The summed E-state index contributed by atoms with van der Waals surface area (Å²) in [6, 6.07) is 6.16. The fourth-order valence-electron chi connectivity index (χ4n) is 2.11. The molecular formula is C14H18ClN. The molecule has 1 N–H and O–H groups in total. The van der Waals surface area contributed by atoms with E-state index in [4.69, 9.17) is 11.6 Å². The van der Waals surface area contributed by atoms with Crippen molar-refractivity contribution in [1.82, 2.24) is 5.32 Å². The Labute approximate surface area is 103 Å². The largest absolute Gasteiger partial charge is 0.311 e. The van der Waals surface area contributed by atoms with Gasteiger partial charge in [-0.15, -0.1) is 0 Å². The van der Waals surface area contributed by atoms with E-state index in [0.717, 1.165) is 17.9 Å². The molecule has 0 aromatic heterocycles. The Hall–Kier alpha value is -0.790. The number of likely N-dealkylation sites (N-methyl/N-ethyl adjacent to an activating group) is 1. The molecule has 0 aliphatic heterocycles. The monoisotopic (exact) mass is 235 g/mol. The average molecular weight is 236 g/mol. The topological polar surface area (TPSA) is 12.0 Å². The lowest BCUT2D eigenvalue weighted by molar-refractivity contribution is 0.481. The highest BCUT2D eigenvalue weighted by molar-refractivity contribution is 6.30. The van der Waals surface area contributed by atoms with Crippen LogP contribution in [0.1, 0.15) is 31.4 Å². The molecule has 16 heavy (non-hydrogen) atoms. The summed E-state index contributed by atoms with van der Waals surface area (Å²) in [6.07, 6.45) is 4.50. The van der Waals surface area contributed by atoms with Crippen LogP contribution in [0.4, 0.5) is 0 Å². The Morgan fingerprint density at radius 1 is 1.25 bits per heavy atom. The van der Waals surface area contributed by atoms with Crippen molar-refractivity contribution in [2.75, 3.05) is 7.05 Å². The minimum Gasteiger partial charge on any atom is -0.311 e. The molecule has 0 atom stereocenters. The lowest BCUT2D eigenvalue weighted by atomic mass is 9.83. The third-order valence-electron chi connectivity index (χ3n) is 3.53. The van der Waals surface area contributed by atoms with E-state index in [1.54, 1.807) is 0 Å². The van der Waals surface area contributed by atoms with E-state index in [2.05, 4.69) is 37.4 Å². The zero-order chi connectivity index (χ0) is 11.8. The molecule has 0 amide bonds. The Morgan fingerprint density at radius 3 is 2.69 bits per heavy atom. The maximum absolute atomic E-state index is 6.00. The molecule has 0 fully saturated rings. The van der Waals surface area contributed by atoms with Gasteiger partial charge in [0, 0.05) is 10.6 Å². The third kappa shape index (κ3) is 2.16. The molecule has 0 unspecified atom stereocenters. The van der Waals surface area contributed by atoms with Crippen molar-refractivity contribution >= 4 is 17.7 Å². The summed E-state index contributed by atoms with van der Waals surface area (Å²) in [5, 5.41) is 4.20. The van der Waals surface area contributed by atoms with E-state index in [-0.39, 0.29) is 5.54 Å². The highest BCUT2D eigenvalue weighted by Gasteiger charge is 2.23. The van der Waals surface area contributed by atoms with Crippen LogP contribution in [0, 0.1) is 0 Å². The quantitative estimate of drug-likeness (QED) is 0.825. The standard InChI is InChI=1S/C14H18ClN/c1-14(2,16-3)12-6-4-11-9-13(15)7-5-10(11)8-12/h5,7-9,16H,4,6H2,1-3H3. The number of rotatable bonds is 2. The molecule has 0 bridgehead atoms. The van der Waals surface area contributed by atoms with Gasteiger partial charge >= 0.3 is 0 Å². The van der Waals surface area contributed by atoms with Gasteiger partial charge < -0.3 is 5.32 Å². The van der Waals surface area contributed by atoms with Gasteiger partial charge in [0.1, 0.15) is 0 Å². The zero-order valence-electron chi connectivity index (χ0n) is 10.1. The summed E-state index contributed by atoms with van der Waals surface area (Å²) >= 11 is 6.00. The van der Waals surface area contributed by atoms with Crippen LogP contribution >= 0.6 is 11.6 Å². The van der Waals surface area contributed by atoms with E-state index in [0.29, 0.717) is 0 Å². The van der Waals surface area contributed by atoms with E-state index in [1.165, 1.54) is 16.7 Å². The van der Waals surface area contributed by atoms with Crippen LogP contribution in [-0.2, 0) is 6.42 Å². The minimum absolute atomic E-state index is 0.0807. The fourth-order valence-corrected chi connectivity index (χ4v) is 2.31. The Balaban J connectivity index is 2.39. The second-order valence-corrected chi connectivity index (χ2v) is 5.32. The third-order valence-corrected chi connectivity index (χ3v) is 3.76. The second kappa shape index (κ2) is 4.23. The predicted octanol–water partition coefficient (Wildman–Crippen LogP) is 3.67. The van der Waals surface area contributed by atoms with Crippen molar-refractivity contribution in [3.8, 4) is 0 Å². The van der Waals surface area contributed by atoms with Gasteiger partial charge in [-0.05, 0) is 62.6 Å². The molecule has 0 saturated carbocycles. The number of hydrogen-bond acceptors (Lipinski definition) is 1.